The maximum Gasteiger partial charge on any atom is 0.338 e. The Hall–Kier alpha value is -1.16. The first-order valence-corrected chi connectivity index (χ1v) is 7.15. The van der Waals surface area contributed by atoms with E-state index in [1.165, 1.54) is 0 Å². The van der Waals surface area contributed by atoms with E-state index in [-0.39, 0.29) is 11.8 Å². The smallest absolute Gasteiger partial charge is 0.338 e. The summed E-state index contributed by atoms with van der Waals surface area (Å²) >= 11 is 3.25. The van der Waals surface area contributed by atoms with Crippen molar-refractivity contribution in [1.82, 2.24) is 0 Å². The Morgan fingerprint density at radius 3 is 2.56 bits per heavy atom. The fourth-order valence-corrected chi connectivity index (χ4v) is 2.06. The SMILES string of the molecule is CCOC(=O)c1ccc(C(=O)CCBr)cc1CC. The molecule has 1 rings (SSSR count). The van der Waals surface area contributed by atoms with Crippen LogP contribution in [-0.2, 0) is 11.2 Å². The number of aryl methyl sites for hydroxylation is 1. The zero-order chi connectivity index (χ0) is 13.5. The largest absolute Gasteiger partial charge is 0.462 e. The molecule has 0 spiro atoms. The molecule has 0 aliphatic carbocycles. The van der Waals surface area contributed by atoms with Crippen molar-refractivity contribution in [3.8, 4) is 0 Å². The highest BCUT2D eigenvalue weighted by Gasteiger charge is 2.14. The number of ether oxygens (including phenoxy) is 1. The third-order valence-corrected chi connectivity index (χ3v) is 3.02. The normalized spacial score (nSPS) is 10.2. The highest BCUT2D eigenvalue weighted by atomic mass is 79.9. The zero-order valence-corrected chi connectivity index (χ0v) is 12.2. The maximum absolute atomic E-state index is 11.8. The molecule has 1 aromatic rings. The molecule has 0 saturated carbocycles. The maximum atomic E-state index is 11.8. The molecule has 0 amide bonds. The second-order valence-electron chi connectivity index (χ2n) is 3.81. The van der Waals surface area contributed by atoms with Gasteiger partial charge in [0.05, 0.1) is 12.2 Å². The minimum Gasteiger partial charge on any atom is -0.462 e. The van der Waals surface area contributed by atoms with Gasteiger partial charge in [-0.3, -0.25) is 4.79 Å². The van der Waals surface area contributed by atoms with Crippen molar-refractivity contribution < 1.29 is 14.3 Å². The van der Waals surface area contributed by atoms with Gasteiger partial charge in [0.2, 0.25) is 0 Å². The standard InChI is InChI=1S/C14H17BrO3/c1-3-10-9-11(13(16)7-8-15)5-6-12(10)14(17)18-4-2/h5-6,9H,3-4,7-8H2,1-2H3. The van der Waals surface area contributed by atoms with Crippen LogP contribution in [0.5, 0.6) is 0 Å². The molecule has 0 fully saturated rings. The van der Waals surface area contributed by atoms with Gasteiger partial charge >= 0.3 is 5.97 Å². The number of hydrogen-bond acceptors (Lipinski definition) is 3. The van der Waals surface area contributed by atoms with Crippen molar-refractivity contribution in [3.05, 3.63) is 34.9 Å². The Labute approximate surface area is 116 Å². The highest BCUT2D eigenvalue weighted by molar-refractivity contribution is 9.09. The number of Topliss-reactive ketones (excluding diaryl/α,β-unsaturated/α-hetero) is 1. The summed E-state index contributed by atoms with van der Waals surface area (Å²) in [6.45, 7) is 4.08. The molecule has 18 heavy (non-hydrogen) atoms. The molecule has 0 radical (unpaired) electrons. The van der Waals surface area contributed by atoms with Gasteiger partial charge in [0, 0.05) is 17.3 Å². The number of ketones is 1. The van der Waals surface area contributed by atoms with E-state index in [0.29, 0.717) is 35.9 Å². The number of benzene rings is 1. The van der Waals surface area contributed by atoms with Crippen molar-refractivity contribution in [2.24, 2.45) is 0 Å². The summed E-state index contributed by atoms with van der Waals surface area (Å²) in [5.74, 6) is -0.245. The van der Waals surface area contributed by atoms with Gasteiger partial charge in [0.1, 0.15) is 0 Å². The fraction of sp³-hybridized carbons (Fsp3) is 0.429. The van der Waals surface area contributed by atoms with Gasteiger partial charge in [0.15, 0.2) is 5.78 Å². The van der Waals surface area contributed by atoms with E-state index < -0.39 is 0 Å². The predicted molar refractivity (Wildman–Crippen MR) is 74.5 cm³/mol. The molecule has 0 aliphatic heterocycles. The van der Waals surface area contributed by atoms with Crippen LogP contribution in [0.2, 0.25) is 0 Å². The topological polar surface area (TPSA) is 43.4 Å². The van der Waals surface area contributed by atoms with E-state index >= 15 is 0 Å². The van der Waals surface area contributed by atoms with Crippen LogP contribution in [0.15, 0.2) is 18.2 Å². The van der Waals surface area contributed by atoms with Crippen LogP contribution in [0.25, 0.3) is 0 Å². The minimum absolute atomic E-state index is 0.0805. The summed E-state index contributed by atoms with van der Waals surface area (Å²) in [7, 11) is 0. The van der Waals surface area contributed by atoms with Crippen molar-refractivity contribution in [2.45, 2.75) is 26.7 Å². The second kappa shape index (κ2) is 7.31. The summed E-state index contributed by atoms with van der Waals surface area (Å²) in [6.07, 6.45) is 1.16. The van der Waals surface area contributed by atoms with Crippen molar-refractivity contribution >= 4 is 27.7 Å². The minimum atomic E-state index is -0.325. The first-order chi connectivity index (χ1) is 8.63. The molecular formula is C14H17BrO3. The Morgan fingerprint density at radius 2 is 2.00 bits per heavy atom. The number of halogens is 1. The van der Waals surface area contributed by atoms with Gasteiger partial charge in [-0.25, -0.2) is 4.79 Å². The molecule has 98 valence electrons. The monoisotopic (exact) mass is 312 g/mol. The van der Waals surface area contributed by atoms with Crippen LogP contribution in [0.4, 0.5) is 0 Å². The van der Waals surface area contributed by atoms with Crippen molar-refractivity contribution in [2.75, 3.05) is 11.9 Å². The average molecular weight is 313 g/mol. The lowest BCUT2D eigenvalue weighted by atomic mass is 9.99. The van der Waals surface area contributed by atoms with Crippen LogP contribution >= 0.6 is 15.9 Å². The lowest BCUT2D eigenvalue weighted by Gasteiger charge is -2.09. The summed E-state index contributed by atoms with van der Waals surface area (Å²) in [4.78, 5) is 23.5. The van der Waals surface area contributed by atoms with E-state index in [9.17, 15) is 9.59 Å². The molecule has 3 nitrogen and oxygen atoms in total. The molecule has 0 aromatic heterocycles. The Balaban J connectivity index is 3.03. The summed E-state index contributed by atoms with van der Waals surface area (Å²) in [6, 6.07) is 5.16. The van der Waals surface area contributed by atoms with Gasteiger partial charge in [0.25, 0.3) is 0 Å². The lowest BCUT2D eigenvalue weighted by molar-refractivity contribution is 0.0525. The van der Waals surface area contributed by atoms with Crippen LogP contribution in [0, 0.1) is 0 Å². The molecule has 4 heteroatoms. The number of rotatable bonds is 6. The molecule has 0 unspecified atom stereocenters. The molecule has 0 bridgehead atoms. The van der Waals surface area contributed by atoms with Gasteiger partial charge in [-0.15, -0.1) is 0 Å². The van der Waals surface area contributed by atoms with Crippen LogP contribution < -0.4 is 0 Å². The lowest BCUT2D eigenvalue weighted by Crippen LogP contribution is -2.09. The Kier molecular flexibility index (Phi) is 6.05. The molecule has 0 saturated heterocycles. The molecule has 1 aromatic carbocycles. The van der Waals surface area contributed by atoms with Crippen LogP contribution in [0.3, 0.4) is 0 Å². The average Bonchev–Trinajstić information content (AvgIpc) is 2.38. The Bertz CT molecular complexity index is 441. The molecule has 0 atom stereocenters. The van der Waals surface area contributed by atoms with Gasteiger partial charge in [-0.05, 0) is 31.0 Å². The summed E-state index contributed by atoms with van der Waals surface area (Å²) in [5, 5.41) is 0.646. The van der Waals surface area contributed by atoms with Crippen LogP contribution in [-0.4, -0.2) is 23.7 Å². The Morgan fingerprint density at radius 1 is 1.28 bits per heavy atom. The van der Waals surface area contributed by atoms with Crippen molar-refractivity contribution in [1.29, 1.82) is 0 Å². The van der Waals surface area contributed by atoms with Crippen molar-refractivity contribution in [3.63, 3.8) is 0 Å². The summed E-state index contributed by atoms with van der Waals surface area (Å²) in [5.41, 5.74) is 2.06. The van der Waals surface area contributed by atoms with E-state index in [2.05, 4.69) is 15.9 Å². The first kappa shape index (κ1) is 14.9. The van der Waals surface area contributed by atoms with Crippen LogP contribution in [0.1, 0.15) is 46.5 Å². The number of carbonyl (C=O) groups is 2. The molecule has 0 N–H and O–H groups in total. The van der Waals surface area contributed by atoms with Gasteiger partial charge < -0.3 is 4.74 Å². The number of esters is 1. The summed E-state index contributed by atoms with van der Waals surface area (Å²) < 4.78 is 4.99. The third kappa shape index (κ3) is 3.67. The van der Waals surface area contributed by atoms with Gasteiger partial charge in [-0.1, -0.05) is 28.9 Å². The predicted octanol–water partition coefficient (Wildman–Crippen LogP) is 3.39. The second-order valence-corrected chi connectivity index (χ2v) is 4.60. The number of carbonyl (C=O) groups excluding carboxylic acids is 2. The zero-order valence-electron chi connectivity index (χ0n) is 10.7. The molecule has 0 heterocycles. The van der Waals surface area contributed by atoms with Gasteiger partial charge in [-0.2, -0.15) is 0 Å². The van der Waals surface area contributed by atoms with E-state index in [1.54, 1.807) is 25.1 Å². The van der Waals surface area contributed by atoms with E-state index in [1.807, 2.05) is 6.92 Å². The number of hydrogen-bond donors (Lipinski definition) is 0. The van der Waals surface area contributed by atoms with E-state index in [4.69, 9.17) is 4.74 Å². The highest BCUT2D eigenvalue weighted by Crippen LogP contribution is 2.16. The number of alkyl halides is 1. The first-order valence-electron chi connectivity index (χ1n) is 6.03. The fourth-order valence-electron chi connectivity index (χ4n) is 1.70. The quantitative estimate of drug-likeness (QED) is 0.459. The third-order valence-electron chi connectivity index (χ3n) is 2.63. The van der Waals surface area contributed by atoms with E-state index in [0.717, 1.165) is 5.56 Å². The molecule has 0 aliphatic rings. The molecular weight excluding hydrogens is 296 g/mol.